The molecule has 5 rings (SSSR count). The summed E-state index contributed by atoms with van der Waals surface area (Å²) in [4.78, 5) is 19.9. The predicted octanol–water partition coefficient (Wildman–Crippen LogP) is 5.29. The average Bonchev–Trinajstić information content (AvgIpc) is 3.29. The quantitative estimate of drug-likeness (QED) is 0.457. The Balaban J connectivity index is 1.42. The summed E-state index contributed by atoms with van der Waals surface area (Å²) in [7, 11) is 1.66. The molecule has 0 aliphatic carbocycles. The maximum Gasteiger partial charge on any atom is 0.321 e. The van der Waals surface area contributed by atoms with Gasteiger partial charge in [0.2, 0.25) is 0 Å². The van der Waals surface area contributed by atoms with E-state index in [1.807, 2.05) is 47.5 Å². The third-order valence-corrected chi connectivity index (χ3v) is 6.24. The minimum atomic E-state index is -0.159. The van der Waals surface area contributed by atoms with Crippen LogP contribution >= 0.6 is 0 Å². The Hall–Kier alpha value is -4.31. The molecule has 0 unspecified atom stereocenters. The summed E-state index contributed by atoms with van der Waals surface area (Å²) in [6, 6.07) is 22.9. The lowest BCUT2D eigenvalue weighted by Crippen LogP contribution is -2.42. The molecule has 34 heavy (non-hydrogen) atoms. The maximum absolute atomic E-state index is 13.0. The molecule has 7 heteroatoms. The van der Waals surface area contributed by atoms with Gasteiger partial charge in [0.1, 0.15) is 11.6 Å². The zero-order valence-electron chi connectivity index (χ0n) is 18.9. The molecular formula is C27H25N5O2. The van der Waals surface area contributed by atoms with Crippen molar-refractivity contribution in [2.75, 3.05) is 25.5 Å². The highest BCUT2D eigenvalue weighted by Crippen LogP contribution is 2.33. The van der Waals surface area contributed by atoms with Crippen molar-refractivity contribution in [2.45, 2.75) is 18.8 Å². The summed E-state index contributed by atoms with van der Waals surface area (Å²) >= 11 is 0. The van der Waals surface area contributed by atoms with Crippen LogP contribution in [0.5, 0.6) is 5.75 Å². The number of amides is 2. The molecule has 3 heterocycles. The Morgan fingerprint density at radius 2 is 2.03 bits per heavy atom. The van der Waals surface area contributed by atoms with Crippen molar-refractivity contribution in [1.29, 1.82) is 5.26 Å². The maximum atomic E-state index is 13.0. The highest BCUT2D eigenvalue weighted by molar-refractivity contribution is 5.89. The Labute approximate surface area is 198 Å². The van der Waals surface area contributed by atoms with Crippen LogP contribution in [0.2, 0.25) is 0 Å². The molecule has 2 aromatic heterocycles. The van der Waals surface area contributed by atoms with Gasteiger partial charge in [-0.05, 0) is 55.3 Å². The first-order valence-corrected chi connectivity index (χ1v) is 11.3. The summed E-state index contributed by atoms with van der Waals surface area (Å²) in [6.45, 7) is 1.27. The van der Waals surface area contributed by atoms with Crippen LogP contribution in [0.15, 0.2) is 72.9 Å². The molecule has 7 nitrogen and oxygen atoms in total. The monoisotopic (exact) mass is 451 g/mol. The number of anilines is 1. The number of nitriles is 1. The smallest absolute Gasteiger partial charge is 0.321 e. The molecule has 0 radical (unpaired) electrons. The highest BCUT2D eigenvalue weighted by Gasteiger charge is 2.28. The molecular weight excluding hydrogens is 426 g/mol. The first-order chi connectivity index (χ1) is 16.7. The Morgan fingerprint density at radius 1 is 1.15 bits per heavy atom. The van der Waals surface area contributed by atoms with E-state index in [9.17, 15) is 4.79 Å². The lowest BCUT2D eigenvalue weighted by atomic mass is 9.97. The van der Waals surface area contributed by atoms with Crippen LogP contribution in [0.1, 0.15) is 30.1 Å². The number of likely N-dealkylation sites (tertiary alicyclic amines) is 1. The number of nitrogens with zero attached hydrogens (tertiary/aromatic N) is 4. The van der Waals surface area contributed by atoms with Gasteiger partial charge in [0, 0.05) is 36.5 Å². The van der Waals surface area contributed by atoms with E-state index in [1.165, 1.54) is 0 Å². The number of urea groups is 1. The fourth-order valence-corrected chi connectivity index (χ4v) is 4.57. The first kappa shape index (κ1) is 21.5. The molecule has 1 N–H and O–H groups in total. The van der Waals surface area contributed by atoms with Gasteiger partial charge < -0.3 is 19.4 Å². The van der Waals surface area contributed by atoms with Crippen molar-refractivity contribution < 1.29 is 9.53 Å². The van der Waals surface area contributed by atoms with Gasteiger partial charge >= 0.3 is 6.03 Å². The Bertz CT molecular complexity index is 1390. The molecule has 1 aliphatic heterocycles. The van der Waals surface area contributed by atoms with Crippen LogP contribution in [0.25, 0.3) is 16.8 Å². The zero-order chi connectivity index (χ0) is 23.5. The summed E-state index contributed by atoms with van der Waals surface area (Å²) in [5.74, 6) is 1.86. The van der Waals surface area contributed by atoms with Crippen LogP contribution in [0, 0.1) is 11.3 Å². The standard InChI is InChI=1S/C27H25N5O2/c1-34-23-11-5-8-20(16-23)25-24-12-2-3-14-32(24)26(30-25)21-9-6-13-31(18-21)27(33)29-22-10-4-7-19(15-22)17-28/h2-5,7-8,10-12,14-16,21H,6,9,13,18H2,1H3,(H,29,33)/t21-/m1/s1. The van der Waals surface area contributed by atoms with Gasteiger partial charge in [-0.3, -0.25) is 0 Å². The van der Waals surface area contributed by atoms with E-state index >= 15 is 0 Å². The molecule has 0 spiro atoms. The van der Waals surface area contributed by atoms with Gasteiger partial charge in [0.05, 0.1) is 30.0 Å². The number of imidazole rings is 1. The minimum absolute atomic E-state index is 0.110. The minimum Gasteiger partial charge on any atom is -0.497 e. The van der Waals surface area contributed by atoms with Crippen molar-refractivity contribution in [1.82, 2.24) is 14.3 Å². The molecule has 1 fully saturated rings. The molecule has 0 bridgehead atoms. The fraction of sp³-hybridized carbons (Fsp3) is 0.222. The van der Waals surface area contributed by atoms with E-state index in [0.717, 1.165) is 41.2 Å². The summed E-state index contributed by atoms with van der Waals surface area (Å²) in [5, 5.41) is 12.1. The molecule has 1 saturated heterocycles. The van der Waals surface area contributed by atoms with Crippen molar-refractivity contribution in [3.63, 3.8) is 0 Å². The van der Waals surface area contributed by atoms with Crippen LogP contribution in [0.4, 0.5) is 10.5 Å². The topological polar surface area (TPSA) is 82.7 Å². The molecule has 4 aromatic rings. The van der Waals surface area contributed by atoms with E-state index in [2.05, 4.69) is 21.9 Å². The van der Waals surface area contributed by atoms with Crippen molar-refractivity contribution in [2.24, 2.45) is 0 Å². The van der Waals surface area contributed by atoms with Crippen molar-refractivity contribution in [3.8, 4) is 23.1 Å². The number of hydrogen-bond donors (Lipinski definition) is 1. The van der Waals surface area contributed by atoms with Crippen molar-refractivity contribution >= 4 is 17.2 Å². The van der Waals surface area contributed by atoms with E-state index in [1.54, 1.807) is 31.4 Å². The van der Waals surface area contributed by atoms with Crippen molar-refractivity contribution in [3.05, 3.63) is 84.3 Å². The number of ether oxygens (including phenoxy) is 1. The number of carbonyl (C=O) groups is 1. The second-order valence-corrected chi connectivity index (χ2v) is 8.41. The second kappa shape index (κ2) is 9.28. The molecule has 170 valence electrons. The highest BCUT2D eigenvalue weighted by atomic mass is 16.5. The SMILES string of the molecule is COc1cccc(-c2nc([C@@H]3CCCN(C(=O)Nc4cccc(C#N)c4)C3)n3ccccc23)c1. The number of aromatic nitrogens is 2. The van der Waals surface area contributed by atoms with Gasteiger partial charge in [-0.2, -0.15) is 5.26 Å². The van der Waals surface area contributed by atoms with E-state index in [4.69, 9.17) is 15.0 Å². The molecule has 2 aromatic carbocycles. The van der Waals surface area contributed by atoms with Gasteiger partial charge in [0.15, 0.2) is 0 Å². The fourth-order valence-electron chi connectivity index (χ4n) is 4.57. The first-order valence-electron chi connectivity index (χ1n) is 11.3. The number of fused-ring (bicyclic) bond motifs is 1. The predicted molar refractivity (Wildman–Crippen MR) is 131 cm³/mol. The molecule has 1 atom stereocenters. The van der Waals surface area contributed by atoms with Gasteiger partial charge in [-0.25, -0.2) is 9.78 Å². The van der Waals surface area contributed by atoms with Gasteiger partial charge in [-0.15, -0.1) is 0 Å². The number of carbonyl (C=O) groups excluding carboxylic acids is 1. The number of hydrogen-bond acceptors (Lipinski definition) is 4. The van der Waals surface area contributed by atoms with Crippen LogP contribution in [0.3, 0.4) is 0 Å². The van der Waals surface area contributed by atoms with Crippen LogP contribution < -0.4 is 10.1 Å². The largest absolute Gasteiger partial charge is 0.497 e. The summed E-state index contributed by atoms with van der Waals surface area (Å²) < 4.78 is 7.55. The number of benzene rings is 2. The lowest BCUT2D eigenvalue weighted by Gasteiger charge is -2.32. The number of piperidine rings is 1. The van der Waals surface area contributed by atoms with E-state index < -0.39 is 0 Å². The number of pyridine rings is 1. The zero-order valence-corrected chi connectivity index (χ0v) is 18.9. The van der Waals surface area contributed by atoms with Gasteiger partial charge in [0.25, 0.3) is 0 Å². The van der Waals surface area contributed by atoms with Gasteiger partial charge in [-0.1, -0.05) is 24.3 Å². The number of rotatable bonds is 4. The average molecular weight is 452 g/mol. The lowest BCUT2D eigenvalue weighted by molar-refractivity contribution is 0.191. The Kier molecular flexibility index (Phi) is 5.88. The number of nitrogens with one attached hydrogen (secondary N) is 1. The summed E-state index contributed by atoms with van der Waals surface area (Å²) in [6.07, 6.45) is 3.89. The second-order valence-electron chi connectivity index (χ2n) is 8.41. The van der Waals surface area contributed by atoms with E-state index in [-0.39, 0.29) is 11.9 Å². The van der Waals surface area contributed by atoms with Crippen LogP contribution in [-0.4, -0.2) is 40.5 Å². The molecule has 2 amide bonds. The third kappa shape index (κ3) is 4.18. The Morgan fingerprint density at radius 3 is 2.88 bits per heavy atom. The third-order valence-electron chi connectivity index (χ3n) is 6.24. The van der Waals surface area contributed by atoms with Crippen LogP contribution in [-0.2, 0) is 0 Å². The molecule has 1 aliphatic rings. The molecule has 0 saturated carbocycles. The summed E-state index contributed by atoms with van der Waals surface area (Å²) in [5.41, 5.74) is 4.07. The van der Waals surface area contributed by atoms with E-state index in [0.29, 0.717) is 24.3 Å². The number of methoxy groups -OCH3 is 1. The normalized spacial score (nSPS) is 15.6.